The Hall–Kier alpha value is -4.88. The maximum atomic E-state index is 13.5. The van der Waals surface area contributed by atoms with Gasteiger partial charge >= 0.3 is 0 Å². The average Bonchev–Trinajstić information content (AvgIpc) is 3.64. The summed E-state index contributed by atoms with van der Waals surface area (Å²) in [4.78, 5) is 77.0. The topological polar surface area (TPSA) is 128 Å². The second-order valence-electron chi connectivity index (χ2n) is 16.4. The Labute approximate surface area is 340 Å². The first-order chi connectivity index (χ1) is 27.7. The van der Waals surface area contributed by atoms with Crippen molar-refractivity contribution in [1.82, 2.24) is 24.7 Å². The van der Waals surface area contributed by atoms with Crippen LogP contribution in [0.25, 0.3) is 16.6 Å². The van der Waals surface area contributed by atoms with E-state index in [1.54, 1.807) is 12.1 Å². The predicted octanol–water partition coefficient (Wildman–Crippen LogP) is 5.44. The molecule has 1 saturated carbocycles. The van der Waals surface area contributed by atoms with Gasteiger partial charge in [0.05, 0.1) is 33.1 Å². The number of anilines is 2. The fraction of sp³-hybridized carbons (Fsp3) is 0.455. The van der Waals surface area contributed by atoms with Gasteiger partial charge in [-0.2, -0.15) is 4.98 Å². The molecule has 1 N–H and O–H groups in total. The minimum absolute atomic E-state index is 0.0736. The lowest BCUT2D eigenvalue weighted by Gasteiger charge is -2.40. The number of carbonyl (C=O) groups is 4. The number of likely N-dealkylation sites (N-methyl/N-ethyl adjacent to an activating group) is 1. The summed E-state index contributed by atoms with van der Waals surface area (Å²) in [5.41, 5.74) is 5.74. The summed E-state index contributed by atoms with van der Waals surface area (Å²) in [5.74, 6) is 0.0625. The molecule has 3 amide bonds. The molecule has 0 radical (unpaired) electrons. The van der Waals surface area contributed by atoms with Crippen LogP contribution < -0.4 is 20.7 Å². The van der Waals surface area contributed by atoms with E-state index in [1.165, 1.54) is 30.4 Å². The lowest BCUT2D eigenvalue weighted by Crippen LogP contribution is -2.49. The summed E-state index contributed by atoms with van der Waals surface area (Å²) in [7, 11) is 1.46. The molecule has 5 heterocycles. The smallest absolute Gasteiger partial charge is 0.281 e. The summed E-state index contributed by atoms with van der Waals surface area (Å²) in [6, 6.07) is 17.3. The SMILES string of the molecule is CNC(=O)C(CCC=O)N1C(=O)c2ccc(N3CCN(CC4CCN(c5ccc6c(c5)-n5c(nc(=O)c7c(Br)cccc75)C65CCCCC5)CC4)CC3)cc2C1=O. The van der Waals surface area contributed by atoms with Crippen LogP contribution >= 0.6 is 15.9 Å². The number of nitrogens with one attached hydrogen (secondary N) is 1. The maximum Gasteiger partial charge on any atom is 0.281 e. The van der Waals surface area contributed by atoms with Gasteiger partial charge in [-0.05, 0) is 102 Å². The van der Waals surface area contributed by atoms with Gasteiger partial charge in [0.2, 0.25) is 5.91 Å². The highest BCUT2D eigenvalue weighted by molar-refractivity contribution is 9.10. The third kappa shape index (κ3) is 6.37. The number of piperazine rings is 1. The van der Waals surface area contributed by atoms with Crippen molar-refractivity contribution in [3.05, 3.63) is 91.9 Å². The van der Waals surface area contributed by atoms with Gasteiger partial charge in [-0.25, -0.2) is 0 Å². The minimum Gasteiger partial charge on any atom is -0.371 e. The van der Waals surface area contributed by atoms with Crippen molar-refractivity contribution in [2.75, 3.05) is 62.7 Å². The molecule has 9 rings (SSSR count). The van der Waals surface area contributed by atoms with Gasteiger partial charge in [-0.1, -0.05) is 31.4 Å². The van der Waals surface area contributed by atoms with E-state index in [1.807, 2.05) is 18.2 Å². The van der Waals surface area contributed by atoms with Crippen LogP contribution in [0.3, 0.4) is 0 Å². The number of piperidine rings is 1. The van der Waals surface area contributed by atoms with E-state index in [-0.39, 0.29) is 23.8 Å². The number of halogens is 1. The number of benzene rings is 3. The first kappa shape index (κ1) is 37.7. The molecule has 3 fully saturated rings. The Morgan fingerprint density at radius 1 is 0.895 bits per heavy atom. The van der Waals surface area contributed by atoms with Crippen LogP contribution in [0, 0.1) is 5.92 Å². The first-order valence-electron chi connectivity index (χ1n) is 20.5. The lowest BCUT2D eigenvalue weighted by atomic mass is 9.70. The van der Waals surface area contributed by atoms with Crippen molar-refractivity contribution in [1.29, 1.82) is 0 Å². The third-order valence-corrected chi connectivity index (χ3v) is 14.0. The molecule has 12 nitrogen and oxygen atoms in total. The molecule has 0 bridgehead atoms. The Balaban J connectivity index is 0.844. The van der Waals surface area contributed by atoms with Crippen molar-refractivity contribution in [2.24, 2.45) is 5.92 Å². The van der Waals surface area contributed by atoms with Crippen molar-refractivity contribution in [3.8, 4) is 5.69 Å². The number of nitrogens with zero attached hydrogens (tertiary/aromatic N) is 6. The van der Waals surface area contributed by atoms with E-state index < -0.39 is 23.8 Å². The number of rotatable bonds is 9. The first-order valence-corrected chi connectivity index (χ1v) is 21.3. The highest BCUT2D eigenvalue weighted by Gasteiger charge is 2.47. The Morgan fingerprint density at radius 2 is 1.60 bits per heavy atom. The van der Waals surface area contributed by atoms with Crippen molar-refractivity contribution >= 4 is 62.2 Å². The normalized spacial score (nSPS) is 19.9. The number of imide groups is 1. The van der Waals surface area contributed by atoms with Gasteiger partial charge < -0.3 is 19.9 Å². The molecular weight excluding hydrogens is 786 g/mol. The van der Waals surface area contributed by atoms with Crippen LogP contribution in [0.4, 0.5) is 11.4 Å². The molecule has 5 aliphatic rings. The Morgan fingerprint density at radius 3 is 2.33 bits per heavy atom. The molecule has 57 heavy (non-hydrogen) atoms. The van der Waals surface area contributed by atoms with E-state index in [4.69, 9.17) is 4.98 Å². The van der Waals surface area contributed by atoms with Crippen molar-refractivity contribution in [3.63, 3.8) is 0 Å². The monoisotopic (exact) mass is 833 g/mol. The van der Waals surface area contributed by atoms with Gasteiger partial charge in [0.25, 0.3) is 17.4 Å². The highest BCUT2D eigenvalue weighted by Crippen LogP contribution is 2.52. The summed E-state index contributed by atoms with van der Waals surface area (Å²) in [5, 5.41) is 3.16. The van der Waals surface area contributed by atoms with E-state index >= 15 is 0 Å². The molecule has 1 unspecified atom stereocenters. The average molecular weight is 835 g/mol. The molecule has 296 valence electrons. The molecule has 4 aliphatic heterocycles. The van der Waals surface area contributed by atoms with E-state index in [0.717, 1.165) is 111 Å². The quantitative estimate of drug-likeness (QED) is 0.173. The number of fused-ring (bicyclic) bond motifs is 8. The fourth-order valence-corrected chi connectivity index (χ4v) is 10.8. The van der Waals surface area contributed by atoms with Crippen LogP contribution in [0.1, 0.15) is 89.9 Å². The van der Waals surface area contributed by atoms with Crippen LogP contribution in [-0.4, -0.2) is 102 Å². The zero-order valence-corrected chi connectivity index (χ0v) is 33.9. The van der Waals surface area contributed by atoms with Gasteiger partial charge in [-0.3, -0.25) is 33.5 Å². The fourth-order valence-electron chi connectivity index (χ4n) is 10.3. The molecule has 2 saturated heterocycles. The molecule has 1 atom stereocenters. The number of aldehydes is 1. The number of aromatic nitrogens is 2. The van der Waals surface area contributed by atoms with E-state index in [0.29, 0.717) is 28.7 Å². The zero-order chi connectivity index (χ0) is 39.4. The van der Waals surface area contributed by atoms with Gasteiger partial charge in [-0.15, -0.1) is 0 Å². The number of amides is 3. The second kappa shape index (κ2) is 15.1. The predicted molar refractivity (Wildman–Crippen MR) is 223 cm³/mol. The highest BCUT2D eigenvalue weighted by atomic mass is 79.9. The molecular formula is C44H48BrN7O5. The summed E-state index contributed by atoms with van der Waals surface area (Å²) in [6.07, 6.45) is 8.61. The Kier molecular flexibility index (Phi) is 10.0. The molecule has 3 aromatic carbocycles. The molecule has 1 spiro atoms. The molecule has 13 heteroatoms. The van der Waals surface area contributed by atoms with E-state index in [2.05, 4.69) is 64.8 Å². The molecule has 1 aromatic heterocycles. The van der Waals surface area contributed by atoms with Crippen LogP contribution in [-0.2, 0) is 15.0 Å². The van der Waals surface area contributed by atoms with Gasteiger partial charge in [0.1, 0.15) is 18.2 Å². The maximum absolute atomic E-state index is 13.5. The summed E-state index contributed by atoms with van der Waals surface area (Å²) < 4.78 is 3.07. The Bertz CT molecular complexity index is 2340. The molecule has 4 aromatic rings. The van der Waals surface area contributed by atoms with Crippen molar-refractivity contribution < 1.29 is 19.2 Å². The summed E-state index contributed by atoms with van der Waals surface area (Å²) in [6.45, 7) is 6.48. The van der Waals surface area contributed by atoms with Gasteiger partial charge in [0.15, 0.2) is 0 Å². The minimum atomic E-state index is -1.03. The lowest BCUT2D eigenvalue weighted by molar-refractivity contribution is -0.124. The molecule has 1 aliphatic carbocycles. The van der Waals surface area contributed by atoms with Crippen molar-refractivity contribution in [2.45, 2.75) is 69.2 Å². The third-order valence-electron chi connectivity index (χ3n) is 13.3. The number of carbonyl (C=O) groups excluding carboxylic acids is 4. The zero-order valence-electron chi connectivity index (χ0n) is 32.3. The number of hydrogen-bond acceptors (Lipinski definition) is 9. The standard InChI is InChI=1S/C44H48BrN7O5/c1-46-39(54)36(9-6-24-53)52-41(56)31-12-10-29(25-32(31)42(52)57)50-22-20-48(21-23-50)27-28-14-18-49(19-15-28)30-11-13-33-37(26-30)51-35-8-5-7-34(45)38(35)40(55)47-43(51)44(33)16-3-2-4-17-44/h5,7-8,10-13,24-26,28,36H,2-4,6,9,14-23,27H2,1H3,(H,46,54). The summed E-state index contributed by atoms with van der Waals surface area (Å²) >= 11 is 3.64. The van der Waals surface area contributed by atoms with Crippen LogP contribution in [0.2, 0.25) is 0 Å². The number of hydrogen-bond donors (Lipinski definition) is 1. The van der Waals surface area contributed by atoms with Gasteiger partial charge in [0, 0.05) is 75.1 Å². The van der Waals surface area contributed by atoms with E-state index in [9.17, 15) is 24.0 Å². The second-order valence-corrected chi connectivity index (χ2v) is 17.2. The van der Waals surface area contributed by atoms with Crippen LogP contribution in [0.5, 0.6) is 0 Å². The van der Waals surface area contributed by atoms with Crippen LogP contribution in [0.15, 0.2) is 63.9 Å². The largest absolute Gasteiger partial charge is 0.371 e.